The number of hydrazine groups is 1. The van der Waals surface area contributed by atoms with E-state index in [-0.39, 0.29) is 17.9 Å². The van der Waals surface area contributed by atoms with Crippen molar-refractivity contribution in [1.29, 1.82) is 0 Å². The zero-order valence-corrected chi connectivity index (χ0v) is 16.4. The van der Waals surface area contributed by atoms with Gasteiger partial charge in [0, 0.05) is 5.02 Å². The second kappa shape index (κ2) is 9.17. The second-order valence-corrected chi connectivity index (χ2v) is 7.58. The summed E-state index contributed by atoms with van der Waals surface area (Å²) >= 11 is 13.3. The van der Waals surface area contributed by atoms with Crippen LogP contribution in [0.2, 0.25) is 10.0 Å². The molecular formula is C19H16Cl2N2O3S. The van der Waals surface area contributed by atoms with Gasteiger partial charge in [-0.25, -0.2) is 5.01 Å². The normalized spacial score (nSPS) is 16.7. The van der Waals surface area contributed by atoms with E-state index in [1.807, 2.05) is 42.5 Å². The van der Waals surface area contributed by atoms with E-state index in [0.29, 0.717) is 21.5 Å². The molecule has 3 rings (SSSR count). The largest absolute Gasteiger partial charge is 0.482 e. The van der Waals surface area contributed by atoms with Crippen molar-refractivity contribution in [2.24, 2.45) is 0 Å². The molecular weight excluding hydrogens is 407 g/mol. The van der Waals surface area contributed by atoms with Crippen molar-refractivity contribution in [2.75, 3.05) is 12.4 Å². The van der Waals surface area contributed by atoms with E-state index >= 15 is 0 Å². The highest BCUT2D eigenvalue weighted by Gasteiger charge is 2.31. The van der Waals surface area contributed by atoms with Crippen molar-refractivity contribution in [1.82, 2.24) is 10.4 Å². The van der Waals surface area contributed by atoms with Crippen molar-refractivity contribution in [2.45, 2.75) is 5.37 Å². The van der Waals surface area contributed by atoms with Gasteiger partial charge in [-0.1, -0.05) is 59.6 Å². The second-order valence-electron chi connectivity index (χ2n) is 5.63. The lowest BCUT2D eigenvalue weighted by atomic mass is 10.2. The summed E-state index contributed by atoms with van der Waals surface area (Å²) in [6, 6.07) is 14.5. The summed E-state index contributed by atoms with van der Waals surface area (Å²) in [5.41, 5.74) is 3.61. The van der Waals surface area contributed by atoms with Crippen LogP contribution in [0.3, 0.4) is 0 Å². The summed E-state index contributed by atoms with van der Waals surface area (Å²) in [4.78, 5) is 24.3. The number of rotatable bonds is 6. The number of nitrogens with zero attached hydrogens (tertiary/aromatic N) is 1. The first-order valence-electron chi connectivity index (χ1n) is 8.07. The van der Waals surface area contributed by atoms with Crippen LogP contribution in [0.25, 0.3) is 6.08 Å². The van der Waals surface area contributed by atoms with Gasteiger partial charge >= 0.3 is 0 Å². The molecule has 1 unspecified atom stereocenters. The average molecular weight is 423 g/mol. The van der Waals surface area contributed by atoms with Crippen LogP contribution < -0.4 is 10.2 Å². The molecule has 1 aliphatic heterocycles. The lowest BCUT2D eigenvalue weighted by Crippen LogP contribution is -2.48. The van der Waals surface area contributed by atoms with Crippen molar-refractivity contribution in [3.8, 4) is 5.75 Å². The molecule has 140 valence electrons. The molecule has 1 atom stereocenters. The van der Waals surface area contributed by atoms with Gasteiger partial charge in [-0.2, -0.15) is 0 Å². The summed E-state index contributed by atoms with van der Waals surface area (Å²) in [6.45, 7) is -0.273. The van der Waals surface area contributed by atoms with Gasteiger partial charge in [-0.05, 0) is 29.8 Å². The predicted octanol–water partition coefficient (Wildman–Crippen LogP) is 4.02. The van der Waals surface area contributed by atoms with E-state index in [2.05, 4.69) is 5.43 Å². The summed E-state index contributed by atoms with van der Waals surface area (Å²) in [5, 5.41) is 1.83. The van der Waals surface area contributed by atoms with E-state index < -0.39 is 5.91 Å². The van der Waals surface area contributed by atoms with Gasteiger partial charge in [0.25, 0.3) is 11.8 Å². The Labute approximate surface area is 171 Å². The van der Waals surface area contributed by atoms with Gasteiger partial charge in [-0.15, -0.1) is 11.8 Å². The van der Waals surface area contributed by atoms with Crippen molar-refractivity contribution < 1.29 is 14.3 Å². The van der Waals surface area contributed by atoms with Gasteiger partial charge in [-0.3, -0.25) is 15.0 Å². The summed E-state index contributed by atoms with van der Waals surface area (Å²) < 4.78 is 5.40. The molecule has 27 heavy (non-hydrogen) atoms. The third-order valence-electron chi connectivity index (χ3n) is 3.65. The molecule has 0 spiro atoms. The van der Waals surface area contributed by atoms with Crippen LogP contribution in [-0.4, -0.2) is 34.6 Å². The molecule has 1 fully saturated rings. The molecule has 1 heterocycles. The zero-order valence-electron chi connectivity index (χ0n) is 14.1. The van der Waals surface area contributed by atoms with E-state index in [9.17, 15) is 9.59 Å². The van der Waals surface area contributed by atoms with Gasteiger partial charge in [0.15, 0.2) is 6.61 Å². The third kappa shape index (κ3) is 5.42. The van der Waals surface area contributed by atoms with Gasteiger partial charge in [0.2, 0.25) is 0 Å². The van der Waals surface area contributed by atoms with E-state index in [4.69, 9.17) is 27.9 Å². The smallest absolute Gasteiger partial charge is 0.276 e. The van der Waals surface area contributed by atoms with Crippen LogP contribution in [0.4, 0.5) is 0 Å². The Morgan fingerprint density at radius 2 is 2.04 bits per heavy atom. The maximum atomic E-state index is 12.2. The van der Waals surface area contributed by atoms with Crippen molar-refractivity contribution >= 4 is 52.9 Å². The molecule has 8 heteroatoms. The van der Waals surface area contributed by atoms with Crippen LogP contribution in [-0.2, 0) is 9.59 Å². The molecule has 0 aromatic heterocycles. The Hall–Kier alpha value is -2.15. The number of nitrogens with one attached hydrogen (secondary N) is 1. The van der Waals surface area contributed by atoms with Gasteiger partial charge in [0.05, 0.1) is 10.8 Å². The average Bonchev–Trinajstić information content (AvgIpc) is 3.00. The Morgan fingerprint density at radius 3 is 2.78 bits per heavy atom. The number of thioether (sulfide) groups is 1. The lowest BCUT2D eigenvalue weighted by molar-refractivity contribution is -0.139. The number of hydrogen-bond donors (Lipinski definition) is 1. The molecule has 2 aromatic rings. The van der Waals surface area contributed by atoms with Gasteiger partial charge < -0.3 is 4.74 Å². The van der Waals surface area contributed by atoms with Crippen LogP contribution in [0.5, 0.6) is 5.75 Å². The number of ether oxygens (including phenoxy) is 1. The first-order chi connectivity index (χ1) is 13.0. The van der Waals surface area contributed by atoms with Gasteiger partial charge in [0.1, 0.15) is 11.1 Å². The Balaban J connectivity index is 1.57. The molecule has 1 aliphatic rings. The van der Waals surface area contributed by atoms with Crippen LogP contribution in [0.1, 0.15) is 5.56 Å². The Morgan fingerprint density at radius 1 is 1.26 bits per heavy atom. The minimum Gasteiger partial charge on any atom is -0.482 e. The number of hydrogen-bond acceptors (Lipinski definition) is 4. The van der Waals surface area contributed by atoms with Crippen LogP contribution in [0.15, 0.2) is 54.6 Å². The third-order valence-corrected chi connectivity index (χ3v) is 5.31. The van der Waals surface area contributed by atoms with Crippen molar-refractivity contribution in [3.05, 3.63) is 70.2 Å². The number of halogens is 2. The fourth-order valence-corrected chi connectivity index (χ4v) is 3.79. The zero-order chi connectivity index (χ0) is 19.2. The predicted molar refractivity (Wildman–Crippen MR) is 109 cm³/mol. The maximum Gasteiger partial charge on any atom is 0.276 e. The Kier molecular flexibility index (Phi) is 6.66. The molecule has 0 aliphatic carbocycles. The summed E-state index contributed by atoms with van der Waals surface area (Å²) in [7, 11) is 0. The Bertz CT molecular complexity index is 861. The minimum atomic E-state index is -0.449. The fraction of sp³-hybridized carbons (Fsp3) is 0.158. The van der Waals surface area contributed by atoms with Crippen LogP contribution in [0, 0.1) is 0 Å². The summed E-state index contributed by atoms with van der Waals surface area (Å²) in [6.07, 6.45) is 3.79. The molecule has 5 nitrogen and oxygen atoms in total. The number of amides is 2. The SMILES string of the molecule is O=C(COc1ccc(Cl)cc1Cl)NN1C(=O)CSC1/C=C/c1ccccc1. The van der Waals surface area contributed by atoms with E-state index in [1.165, 1.54) is 22.8 Å². The number of carbonyl (C=O) groups is 2. The molecule has 1 N–H and O–H groups in total. The molecule has 2 aromatic carbocycles. The van der Waals surface area contributed by atoms with Crippen LogP contribution >= 0.6 is 35.0 Å². The highest BCUT2D eigenvalue weighted by atomic mass is 35.5. The molecule has 1 saturated heterocycles. The van der Waals surface area contributed by atoms with E-state index in [0.717, 1.165) is 5.56 Å². The monoisotopic (exact) mass is 422 g/mol. The number of benzene rings is 2. The van der Waals surface area contributed by atoms with E-state index in [1.54, 1.807) is 12.1 Å². The highest BCUT2D eigenvalue weighted by molar-refractivity contribution is 8.01. The quantitative estimate of drug-likeness (QED) is 0.763. The standard InChI is InChI=1S/C19H16Cl2N2O3S/c20-14-7-8-16(15(21)10-14)26-11-17(24)22-23-18(25)12-27-19(23)9-6-13-4-2-1-3-5-13/h1-10,19H,11-12H2,(H,22,24)/b9-6+. The minimum absolute atomic E-state index is 0.166. The van der Waals surface area contributed by atoms with Crippen molar-refractivity contribution in [3.63, 3.8) is 0 Å². The molecule has 0 radical (unpaired) electrons. The fourth-order valence-electron chi connectivity index (χ4n) is 2.37. The first-order valence-corrected chi connectivity index (χ1v) is 9.87. The topological polar surface area (TPSA) is 58.6 Å². The molecule has 2 amide bonds. The summed E-state index contributed by atoms with van der Waals surface area (Å²) in [5.74, 6) is 0.0305. The highest BCUT2D eigenvalue weighted by Crippen LogP contribution is 2.28. The maximum absolute atomic E-state index is 12.2. The molecule has 0 bridgehead atoms. The molecule has 0 saturated carbocycles. The lowest BCUT2D eigenvalue weighted by Gasteiger charge is -2.22. The first kappa shape index (κ1) is 19.6. The number of carbonyl (C=O) groups excluding carboxylic acids is 2.